The molecule has 10 heteroatoms. The van der Waals surface area contributed by atoms with Gasteiger partial charge in [-0.15, -0.1) is 0 Å². The molecule has 2 fully saturated rings. The number of carbonyl (C=O) groups excluding carboxylic acids is 3. The van der Waals surface area contributed by atoms with Crippen LogP contribution < -0.4 is 4.90 Å². The largest absolute Gasteiger partial charge is 0.450 e. The molecular weight excluding hydrogens is 364 g/mol. The normalized spacial score (nSPS) is 17.5. The molecule has 0 N–H and O–H groups in total. The Morgan fingerprint density at radius 2 is 1.43 bits per heavy atom. The first-order valence-electron chi connectivity index (χ1n) is 9.53. The van der Waals surface area contributed by atoms with Crippen LogP contribution in [0.2, 0.25) is 0 Å². The number of nitrogens with zero attached hydrogens (tertiary/aromatic N) is 6. The lowest BCUT2D eigenvalue weighted by Crippen LogP contribution is -2.50. The molecule has 0 radical (unpaired) electrons. The van der Waals surface area contributed by atoms with Gasteiger partial charge in [-0.05, 0) is 6.92 Å². The molecular formula is C18H26N6O4. The first-order valence-corrected chi connectivity index (χ1v) is 9.53. The molecule has 0 saturated carbocycles. The third-order valence-electron chi connectivity index (χ3n) is 4.99. The van der Waals surface area contributed by atoms with E-state index in [0.717, 1.165) is 0 Å². The molecule has 0 atom stereocenters. The molecule has 2 aliphatic rings. The number of rotatable bonds is 3. The Bertz CT molecular complexity index is 709. The molecule has 28 heavy (non-hydrogen) atoms. The van der Waals surface area contributed by atoms with E-state index in [-0.39, 0.29) is 17.9 Å². The van der Waals surface area contributed by atoms with Crippen LogP contribution in [-0.4, -0.2) is 102 Å². The topological polar surface area (TPSA) is 99.2 Å². The smallest absolute Gasteiger partial charge is 0.409 e. The molecule has 0 unspecified atom stereocenters. The van der Waals surface area contributed by atoms with Crippen molar-refractivity contribution in [2.45, 2.75) is 13.8 Å². The second kappa shape index (κ2) is 8.85. The van der Waals surface area contributed by atoms with E-state index >= 15 is 0 Å². The third kappa shape index (κ3) is 4.49. The number of anilines is 1. The molecule has 3 amide bonds. The standard InChI is InChI=1S/C18H26N6O4/c1-3-28-18(27)24-10-6-22(7-11-24)16(26)15-12-19-17(20-13-15)23-8-4-21(5-9-23)14(2)25/h12-13H,3-11H2,1-2H3. The molecule has 2 aliphatic heterocycles. The molecule has 2 saturated heterocycles. The maximum Gasteiger partial charge on any atom is 0.409 e. The molecule has 152 valence electrons. The summed E-state index contributed by atoms with van der Waals surface area (Å²) >= 11 is 0. The molecule has 0 bridgehead atoms. The number of ether oxygens (including phenoxy) is 1. The number of hydrogen-bond donors (Lipinski definition) is 0. The van der Waals surface area contributed by atoms with Crippen LogP contribution in [0.5, 0.6) is 0 Å². The third-order valence-corrected chi connectivity index (χ3v) is 4.99. The minimum Gasteiger partial charge on any atom is -0.450 e. The summed E-state index contributed by atoms with van der Waals surface area (Å²) in [5.41, 5.74) is 0.427. The minimum absolute atomic E-state index is 0.0737. The van der Waals surface area contributed by atoms with Crippen LogP contribution in [0, 0.1) is 0 Å². The van der Waals surface area contributed by atoms with Crippen LogP contribution in [0.4, 0.5) is 10.7 Å². The van der Waals surface area contributed by atoms with Crippen molar-refractivity contribution < 1.29 is 19.1 Å². The molecule has 1 aromatic rings. The molecule has 0 aliphatic carbocycles. The van der Waals surface area contributed by atoms with Crippen molar-refractivity contribution in [3.8, 4) is 0 Å². The van der Waals surface area contributed by atoms with Gasteiger partial charge >= 0.3 is 6.09 Å². The van der Waals surface area contributed by atoms with Crippen LogP contribution in [0.25, 0.3) is 0 Å². The van der Waals surface area contributed by atoms with Gasteiger partial charge in [0.15, 0.2) is 0 Å². The zero-order valence-electron chi connectivity index (χ0n) is 16.3. The summed E-state index contributed by atoms with van der Waals surface area (Å²) in [6, 6.07) is 0. The summed E-state index contributed by atoms with van der Waals surface area (Å²) in [5, 5.41) is 0. The summed E-state index contributed by atoms with van der Waals surface area (Å²) in [5.74, 6) is 0.493. The van der Waals surface area contributed by atoms with Crippen LogP contribution >= 0.6 is 0 Å². The van der Waals surface area contributed by atoms with E-state index in [1.807, 2.05) is 4.90 Å². The number of hydrogen-bond acceptors (Lipinski definition) is 7. The van der Waals surface area contributed by atoms with Gasteiger partial charge in [-0.3, -0.25) is 9.59 Å². The number of amides is 3. The Morgan fingerprint density at radius 3 is 1.96 bits per heavy atom. The Balaban J connectivity index is 1.53. The van der Waals surface area contributed by atoms with Crippen molar-refractivity contribution in [3.05, 3.63) is 18.0 Å². The summed E-state index contributed by atoms with van der Waals surface area (Å²) in [6.07, 6.45) is 2.74. The zero-order chi connectivity index (χ0) is 20.1. The highest BCUT2D eigenvalue weighted by Crippen LogP contribution is 2.13. The van der Waals surface area contributed by atoms with Gasteiger partial charge in [0.25, 0.3) is 5.91 Å². The lowest BCUT2D eigenvalue weighted by Gasteiger charge is -2.34. The van der Waals surface area contributed by atoms with Gasteiger partial charge in [-0.2, -0.15) is 0 Å². The van der Waals surface area contributed by atoms with Crippen molar-refractivity contribution in [2.75, 3.05) is 63.9 Å². The van der Waals surface area contributed by atoms with Crippen molar-refractivity contribution in [2.24, 2.45) is 0 Å². The Hall–Kier alpha value is -2.91. The second-order valence-corrected chi connectivity index (χ2v) is 6.74. The molecule has 3 rings (SSSR count). The highest BCUT2D eigenvalue weighted by Gasteiger charge is 2.26. The monoisotopic (exact) mass is 390 g/mol. The average Bonchev–Trinajstić information content (AvgIpc) is 2.74. The Kier molecular flexibility index (Phi) is 6.27. The quantitative estimate of drug-likeness (QED) is 0.720. The molecule has 3 heterocycles. The van der Waals surface area contributed by atoms with E-state index in [1.165, 1.54) is 0 Å². The van der Waals surface area contributed by atoms with Crippen LogP contribution in [0.3, 0.4) is 0 Å². The van der Waals surface area contributed by atoms with Gasteiger partial charge in [0.05, 0.1) is 12.2 Å². The van der Waals surface area contributed by atoms with Crippen LogP contribution in [-0.2, 0) is 9.53 Å². The fraction of sp³-hybridized carbons (Fsp3) is 0.611. The number of carbonyl (C=O) groups is 3. The molecule has 1 aromatic heterocycles. The first kappa shape index (κ1) is 19.8. The summed E-state index contributed by atoms with van der Waals surface area (Å²) in [4.78, 5) is 51.6. The highest BCUT2D eigenvalue weighted by molar-refractivity contribution is 5.93. The van der Waals surface area contributed by atoms with Crippen molar-refractivity contribution in [1.29, 1.82) is 0 Å². The SMILES string of the molecule is CCOC(=O)N1CCN(C(=O)c2cnc(N3CCN(C(C)=O)CC3)nc2)CC1. The van der Waals surface area contributed by atoms with E-state index in [0.29, 0.717) is 70.5 Å². The van der Waals surface area contributed by atoms with Crippen molar-refractivity contribution >= 4 is 23.9 Å². The van der Waals surface area contributed by atoms with Crippen LogP contribution in [0.15, 0.2) is 12.4 Å². The Labute approximate surface area is 164 Å². The van der Waals surface area contributed by atoms with Gasteiger partial charge in [0.2, 0.25) is 11.9 Å². The number of piperazine rings is 2. The van der Waals surface area contributed by atoms with Gasteiger partial charge in [-0.1, -0.05) is 0 Å². The molecule has 10 nitrogen and oxygen atoms in total. The summed E-state index contributed by atoms with van der Waals surface area (Å²) in [6.45, 7) is 8.10. The van der Waals surface area contributed by atoms with Gasteiger partial charge in [-0.25, -0.2) is 14.8 Å². The highest BCUT2D eigenvalue weighted by atomic mass is 16.6. The second-order valence-electron chi connectivity index (χ2n) is 6.74. The Morgan fingerprint density at radius 1 is 0.893 bits per heavy atom. The fourth-order valence-corrected chi connectivity index (χ4v) is 3.31. The van der Waals surface area contributed by atoms with Crippen molar-refractivity contribution in [1.82, 2.24) is 24.7 Å². The fourth-order valence-electron chi connectivity index (χ4n) is 3.31. The van der Waals surface area contributed by atoms with E-state index in [1.54, 1.807) is 40.9 Å². The minimum atomic E-state index is -0.341. The zero-order valence-corrected chi connectivity index (χ0v) is 16.3. The molecule has 0 spiro atoms. The van der Waals surface area contributed by atoms with E-state index in [9.17, 15) is 14.4 Å². The lowest BCUT2D eigenvalue weighted by molar-refractivity contribution is -0.129. The van der Waals surface area contributed by atoms with E-state index in [4.69, 9.17) is 4.74 Å². The van der Waals surface area contributed by atoms with E-state index in [2.05, 4.69) is 9.97 Å². The predicted octanol–water partition coefficient (Wildman–Crippen LogP) is 0.0594. The number of aromatic nitrogens is 2. The molecule has 0 aromatic carbocycles. The maximum atomic E-state index is 12.7. The average molecular weight is 390 g/mol. The van der Waals surface area contributed by atoms with Gasteiger partial charge in [0.1, 0.15) is 0 Å². The predicted molar refractivity (Wildman–Crippen MR) is 101 cm³/mol. The van der Waals surface area contributed by atoms with E-state index < -0.39 is 0 Å². The maximum absolute atomic E-state index is 12.7. The summed E-state index contributed by atoms with van der Waals surface area (Å²) in [7, 11) is 0. The lowest BCUT2D eigenvalue weighted by atomic mass is 10.2. The van der Waals surface area contributed by atoms with Crippen LogP contribution in [0.1, 0.15) is 24.2 Å². The summed E-state index contributed by atoms with van der Waals surface area (Å²) < 4.78 is 4.99. The van der Waals surface area contributed by atoms with Crippen molar-refractivity contribution in [3.63, 3.8) is 0 Å². The van der Waals surface area contributed by atoms with Gasteiger partial charge < -0.3 is 24.3 Å². The van der Waals surface area contributed by atoms with Gasteiger partial charge in [0, 0.05) is 71.7 Å². The first-order chi connectivity index (χ1) is 13.5.